The molecule has 0 fully saturated rings. The maximum atomic E-state index is 12.7. The Morgan fingerprint density at radius 2 is 1.57 bits per heavy atom. The Morgan fingerprint density at radius 3 is 2.27 bits per heavy atom. The van der Waals surface area contributed by atoms with E-state index < -0.39 is 0 Å². The SMILES string of the molecule is Cc1ccc(-n2c(SCc3ccc(C(=O)Nc4ccc(C)c(C)c4)cc3)nnc2-c2ccncc2)cc1. The van der Waals surface area contributed by atoms with Gasteiger partial charge in [0.2, 0.25) is 0 Å². The number of rotatable bonds is 7. The van der Waals surface area contributed by atoms with Gasteiger partial charge in [-0.15, -0.1) is 10.2 Å². The third kappa shape index (κ3) is 5.62. The minimum Gasteiger partial charge on any atom is -0.322 e. The number of carbonyl (C=O) groups is 1. The zero-order valence-electron chi connectivity index (χ0n) is 21.0. The molecule has 1 N–H and O–H groups in total. The van der Waals surface area contributed by atoms with Gasteiger partial charge in [0, 0.05) is 40.6 Å². The lowest BCUT2D eigenvalue weighted by molar-refractivity contribution is 0.102. The van der Waals surface area contributed by atoms with Gasteiger partial charge in [0.05, 0.1) is 0 Å². The number of aromatic nitrogens is 4. The maximum Gasteiger partial charge on any atom is 0.255 e. The van der Waals surface area contributed by atoms with Crippen LogP contribution in [0.25, 0.3) is 17.1 Å². The fourth-order valence-corrected chi connectivity index (χ4v) is 4.81. The van der Waals surface area contributed by atoms with Crippen LogP contribution in [-0.4, -0.2) is 25.7 Å². The molecule has 0 saturated heterocycles. The van der Waals surface area contributed by atoms with Gasteiger partial charge >= 0.3 is 0 Å². The third-order valence-electron chi connectivity index (χ3n) is 6.21. The van der Waals surface area contributed by atoms with Gasteiger partial charge in [-0.25, -0.2) is 0 Å². The molecule has 6 nitrogen and oxygen atoms in total. The molecule has 0 unspecified atom stereocenters. The molecule has 37 heavy (non-hydrogen) atoms. The van der Waals surface area contributed by atoms with E-state index in [0.29, 0.717) is 11.3 Å². The van der Waals surface area contributed by atoms with Crippen LogP contribution in [0.15, 0.2) is 96.4 Å². The summed E-state index contributed by atoms with van der Waals surface area (Å²) >= 11 is 1.61. The van der Waals surface area contributed by atoms with Gasteiger partial charge < -0.3 is 5.32 Å². The van der Waals surface area contributed by atoms with Crippen molar-refractivity contribution in [1.29, 1.82) is 0 Å². The molecule has 0 radical (unpaired) electrons. The monoisotopic (exact) mass is 505 g/mol. The number of hydrogen-bond donors (Lipinski definition) is 1. The van der Waals surface area contributed by atoms with E-state index in [2.05, 4.69) is 63.2 Å². The van der Waals surface area contributed by atoms with Crippen LogP contribution in [0.5, 0.6) is 0 Å². The Hall–Kier alpha value is -4.23. The summed E-state index contributed by atoms with van der Waals surface area (Å²) in [6, 6.07) is 25.8. The molecule has 0 aliphatic carbocycles. The molecule has 0 bridgehead atoms. The standard InChI is InChI=1S/C30H27N5OS/c1-20-4-12-27(13-5-20)35-28(24-14-16-31-17-15-24)33-34-30(35)37-19-23-7-9-25(10-8-23)29(36)32-26-11-6-21(2)22(3)18-26/h4-18H,19H2,1-3H3,(H,32,36). The number of thioether (sulfide) groups is 1. The molecule has 3 aromatic carbocycles. The molecular weight excluding hydrogens is 478 g/mol. The van der Waals surface area contributed by atoms with E-state index in [0.717, 1.165) is 39.0 Å². The van der Waals surface area contributed by atoms with Crippen molar-refractivity contribution in [2.75, 3.05) is 5.32 Å². The van der Waals surface area contributed by atoms with Gasteiger partial charge in [0.15, 0.2) is 11.0 Å². The molecule has 5 aromatic rings. The highest BCUT2D eigenvalue weighted by Crippen LogP contribution is 2.30. The molecule has 2 aromatic heterocycles. The summed E-state index contributed by atoms with van der Waals surface area (Å²) in [5, 5.41) is 12.8. The summed E-state index contributed by atoms with van der Waals surface area (Å²) in [6.07, 6.45) is 3.52. The first-order valence-electron chi connectivity index (χ1n) is 12.0. The van der Waals surface area contributed by atoms with Crippen molar-refractivity contribution in [2.45, 2.75) is 31.7 Å². The Labute approximate surface area is 220 Å². The fourth-order valence-electron chi connectivity index (χ4n) is 3.90. The average Bonchev–Trinajstić information content (AvgIpc) is 3.35. The van der Waals surface area contributed by atoms with Crippen molar-refractivity contribution >= 4 is 23.4 Å². The van der Waals surface area contributed by atoms with E-state index in [1.165, 1.54) is 11.1 Å². The van der Waals surface area contributed by atoms with E-state index >= 15 is 0 Å². The Balaban J connectivity index is 1.33. The van der Waals surface area contributed by atoms with Crippen LogP contribution in [0.2, 0.25) is 0 Å². The minimum absolute atomic E-state index is 0.122. The second kappa shape index (κ2) is 10.8. The maximum absolute atomic E-state index is 12.7. The van der Waals surface area contributed by atoms with Crippen LogP contribution in [0.4, 0.5) is 5.69 Å². The second-order valence-corrected chi connectivity index (χ2v) is 9.89. The Kier molecular flexibility index (Phi) is 7.14. The van der Waals surface area contributed by atoms with Gasteiger partial charge in [0.1, 0.15) is 0 Å². The highest BCUT2D eigenvalue weighted by molar-refractivity contribution is 7.98. The summed E-state index contributed by atoms with van der Waals surface area (Å²) in [7, 11) is 0. The molecular formula is C30H27N5OS. The lowest BCUT2D eigenvalue weighted by Crippen LogP contribution is -2.12. The van der Waals surface area contributed by atoms with Crippen LogP contribution >= 0.6 is 11.8 Å². The zero-order chi connectivity index (χ0) is 25.8. The topological polar surface area (TPSA) is 72.7 Å². The zero-order valence-corrected chi connectivity index (χ0v) is 21.8. The number of aryl methyl sites for hydroxylation is 3. The number of nitrogens with zero attached hydrogens (tertiary/aromatic N) is 4. The van der Waals surface area contributed by atoms with Crippen molar-refractivity contribution in [3.63, 3.8) is 0 Å². The van der Waals surface area contributed by atoms with Crippen molar-refractivity contribution in [1.82, 2.24) is 19.7 Å². The van der Waals surface area contributed by atoms with Crippen LogP contribution in [0, 0.1) is 20.8 Å². The Bertz CT molecular complexity index is 1530. The highest BCUT2D eigenvalue weighted by Gasteiger charge is 2.16. The summed E-state index contributed by atoms with van der Waals surface area (Å²) in [5.74, 6) is 1.34. The second-order valence-electron chi connectivity index (χ2n) is 8.95. The fraction of sp³-hybridized carbons (Fsp3) is 0.133. The molecule has 0 spiro atoms. The first-order chi connectivity index (χ1) is 18.0. The molecule has 0 aliphatic heterocycles. The van der Waals surface area contributed by atoms with E-state index in [-0.39, 0.29) is 5.91 Å². The first kappa shape index (κ1) is 24.5. The molecule has 184 valence electrons. The number of benzene rings is 3. The summed E-state index contributed by atoms with van der Waals surface area (Å²) in [4.78, 5) is 16.8. The van der Waals surface area contributed by atoms with Crippen molar-refractivity contribution < 1.29 is 4.79 Å². The predicted molar refractivity (Wildman–Crippen MR) is 149 cm³/mol. The van der Waals surface area contributed by atoms with Gasteiger partial charge in [-0.05, 0) is 86.0 Å². The first-order valence-corrected chi connectivity index (χ1v) is 13.0. The molecule has 0 saturated carbocycles. The Morgan fingerprint density at radius 1 is 0.838 bits per heavy atom. The summed E-state index contributed by atoms with van der Waals surface area (Å²) in [6.45, 7) is 6.17. The number of anilines is 1. The largest absolute Gasteiger partial charge is 0.322 e. The summed E-state index contributed by atoms with van der Waals surface area (Å²) in [5.41, 5.74) is 8.01. The number of amides is 1. The normalized spacial score (nSPS) is 10.9. The minimum atomic E-state index is -0.122. The number of pyridine rings is 1. The third-order valence-corrected chi connectivity index (χ3v) is 7.21. The van der Waals surface area contributed by atoms with Crippen molar-refractivity contribution in [3.05, 3.63) is 119 Å². The van der Waals surface area contributed by atoms with Gasteiger partial charge in [-0.3, -0.25) is 14.3 Å². The summed E-state index contributed by atoms with van der Waals surface area (Å²) < 4.78 is 2.07. The number of carbonyl (C=O) groups excluding carboxylic acids is 1. The van der Waals surface area contributed by atoms with E-state index in [4.69, 9.17) is 0 Å². The van der Waals surface area contributed by atoms with Crippen LogP contribution in [0.3, 0.4) is 0 Å². The molecule has 0 aliphatic rings. The van der Waals surface area contributed by atoms with Crippen LogP contribution in [0.1, 0.15) is 32.6 Å². The lowest BCUT2D eigenvalue weighted by atomic mass is 10.1. The molecule has 0 atom stereocenters. The quantitative estimate of drug-likeness (QED) is 0.246. The average molecular weight is 506 g/mol. The predicted octanol–water partition coefficient (Wildman–Crippen LogP) is 6.80. The van der Waals surface area contributed by atoms with Crippen molar-refractivity contribution in [2.24, 2.45) is 0 Å². The number of hydrogen-bond acceptors (Lipinski definition) is 5. The van der Waals surface area contributed by atoms with Gasteiger partial charge in [-0.1, -0.05) is 47.7 Å². The molecule has 5 rings (SSSR count). The van der Waals surface area contributed by atoms with E-state index in [1.807, 2.05) is 61.5 Å². The smallest absolute Gasteiger partial charge is 0.255 e. The van der Waals surface area contributed by atoms with E-state index in [1.54, 1.807) is 24.2 Å². The highest BCUT2D eigenvalue weighted by atomic mass is 32.2. The molecule has 1 amide bonds. The van der Waals surface area contributed by atoms with E-state index in [9.17, 15) is 4.79 Å². The van der Waals surface area contributed by atoms with Crippen LogP contribution < -0.4 is 5.32 Å². The van der Waals surface area contributed by atoms with Crippen LogP contribution in [-0.2, 0) is 5.75 Å². The molecule has 2 heterocycles. The lowest BCUT2D eigenvalue weighted by Gasteiger charge is -2.11. The molecule has 7 heteroatoms. The number of nitrogens with one attached hydrogen (secondary N) is 1. The van der Waals surface area contributed by atoms with Gasteiger partial charge in [-0.2, -0.15) is 0 Å². The van der Waals surface area contributed by atoms with Gasteiger partial charge in [0.25, 0.3) is 5.91 Å². The van der Waals surface area contributed by atoms with Crippen molar-refractivity contribution in [3.8, 4) is 17.1 Å².